The Labute approximate surface area is 155 Å². The Kier molecular flexibility index (Phi) is 6.38. The van der Waals surface area contributed by atoms with E-state index in [1.54, 1.807) is 13.0 Å². The zero-order chi connectivity index (χ0) is 20.1. The highest BCUT2D eigenvalue weighted by atomic mass is 19.3. The van der Waals surface area contributed by atoms with Gasteiger partial charge in [0.2, 0.25) is 0 Å². The number of benzene rings is 1. The lowest BCUT2D eigenvalue weighted by atomic mass is 9.94. The number of esters is 1. The largest absolute Gasteiger partial charge is 0.493 e. The van der Waals surface area contributed by atoms with Gasteiger partial charge in [0.25, 0.3) is 0 Å². The molecule has 1 atom stereocenters. The van der Waals surface area contributed by atoms with Crippen LogP contribution < -0.4 is 14.8 Å². The first-order valence-electron chi connectivity index (χ1n) is 7.94. The molecule has 27 heavy (non-hydrogen) atoms. The number of rotatable bonds is 7. The van der Waals surface area contributed by atoms with Gasteiger partial charge in [-0.3, -0.25) is 4.90 Å². The minimum Gasteiger partial charge on any atom is -0.493 e. The van der Waals surface area contributed by atoms with Crippen LogP contribution in [0.25, 0.3) is 0 Å². The van der Waals surface area contributed by atoms with Crippen molar-refractivity contribution >= 4 is 12.0 Å². The van der Waals surface area contributed by atoms with Crippen molar-refractivity contribution in [3.05, 3.63) is 47.7 Å². The van der Waals surface area contributed by atoms with E-state index < -0.39 is 24.7 Å². The quantitative estimate of drug-likeness (QED) is 0.580. The van der Waals surface area contributed by atoms with Crippen molar-refractivity contribution in [3.63, 3.8) is 0 Å². The van der Waals surface area contributed by atoms with Crippen LogP contribution in [0.5, 0.6) is 11.5 Å². The first kappa shape index (κ1) is 20.2. The first-order chi connectivity index (χ1) is 12.8. The summed E-state index contributed by atoms with van der Waals surface area (Å²) in [5, 5.41) is 2.68. The summed E-state index contributed by atoms with van der Waals surface area (Å²) in [6.07, 6.45) is 1.51. The highest BCUT2D eigenvalue weighted by Gasteiger charge is 2.36. The maximum absolute atomic E-state index is 12.7. The van der Waals surface area contributed by atoms with Crippen LogP contribution in [-0.2, 0) is 9.53 Å². The number of nitrogens with zero attached hydrogens (tertiary/aromatic N) is 1. The van der Waals surface area contributed by atoms with Crippen molar-refractivity contribution in [3.8, 4) is 11.5 Å². The number of ether oxygens (including phenoxy) is 3. The summed E-state index contributed by atoms with van der Waals surface area (Å²) >= 11 is 0. The molecule has 0 bridgehead atoms. The van der Waals surface area contributed by atoms with Crippen LogP contribution in [0.1, 0.15) is 18.5 Å². The second kappa shape index (κ2) is 8.52. The molecule has 0 fully saturated rings. The Morgan fingerprint density at radius 1 is 1.37 bits per heavy atom. The predicted molar refractivity (Wildman–Crippen MR) is 92.5 cm³/mol. The van der Waals surface area contributed by atoms with E-state index in [0.717, 1.165) is 0 Å². The van der Waals surface area contributed by atoms with Gasteiger partial charge in [-0.15, -0.1) is 6.58 Å². The fourth-order valence-electron chi connectivity index (χ4n) is 2.82. The van der Waals surface area contributed by atoms with Crippen LogP contribution in [0.2, 0.25) is 0 Å². The summed E-state index contributed by atoms with van der Waals surface area (Å²) in [7, 11) is 2.53. The highest BCUT2D eigenvalue weighted by Crippen LogP contribution is 2.36. The summed E-state index contributed by atoms with van der Waals surface area (Å²) in [5.74, 6) is -0.775. The lowest BCUT2D eigenvalue weighted by Crippen LogP contribution is -2.48. The van der Waals surface area contributed by atoms with Crippen LogP contribution in [0.4, 0.5) is 13.6 Å². The zero-order valence-electron chi connectivity index (χ0n) is 15.1. The number of amides is 2. The third-order valence-corrected chi connectivity index (χ3v) is 4.05. The van der Waals surface area contributed by atoms with Crippen molar-refractivity contribution in [2.45, 2.75) is 19.6 Å². The minimum absolute atomic E-state index is 0.0924. The Balaban J connectivity index is 2.56. The Morgan fingerprint density at radius 2 is 2.07 bits per heavy atom. The molecule has 7 nitrogen and oxygen atoms in total. The van der Waals surface area contributed by atoms with Crippen molar-refractivity contribution in [1.29, 1.82) is 0 Å². The molecule has 1 aromatic carbocycles. The number of allylic oxidation sites excluding steroid dienone is 1. The third-order valence-electron chi connectivity index (χ3n) is 4.05. The van der Waals surface area contributed by atoms with Crippen LogP contribution in [0.15, 0.2) is 42.1 Å². The lowest BCUT2D eigenvalue weighted by molar-refractivity contribution is -0.136. The minimum atomic E-state index is -3.06. The Hall–Kier alpha value is -3.10. The molecule has 1 aliphatic rings. The maximum Gasteiger partial charge on any atom is 0.387 e. The summed E-state index contributed by atoms with van der Waals surface area (Å²) in [6.45, 7) is 2.31. The van der Waals surface area contributed by atoms with Crippen LogP contribution in [0, 0.1) is 0 Å². The number of hydrogen-bond donors (Lipinski definition) is 1. The fourth-order valence-corrected chi connectivity index (χ4v) is 2.82. The molecule has 1 heterocycles. The van der Waals surface area contributed by atoms with Crippen LogP contribution in [0.3, 0.4) is 0 Å². The van der Waals surface area contributed by atoms with Crippen molar-refractivity contribution in [2.24, 2.45) is 0 Å². The normalized spacial score (nSPS) is 16.9. The molecule has 0 radical (unpaired) electrons. The van der Waals surface area contributed by atoms with Crippen molar-refractivity contribution in [2.75, 3.05) is 20.8 Å². The number of alkyl halides is 2. The third kappa shape index (κ3) is 4.18. The van der Waals surface area contributed by atoms with Crippen molar-refractivity contribution < 1.29 is 32.6 Å². The molecule has 0 aliphatic carbocycles. The van der Waals surface area contributed by atoms with Gasteiger partial charge in [0.1, 0.15) is 0 Å². The Bertz CT molecular complexity index is 779. The number of carbonyl (C=O) groups excluding carboxylic acids is 2. The summed E-state index contributed by atoms with van der Waals surface area (Å²) in [4.78, 5) is 26.1. The summed E-state index contributed by atoms with van der Waals surface area (Å²) in [6, 6.07) is 2.88. The highest BCUT2D eigenvalue weighted by molar-refractivity contribution is 5.95. The van der Waals surface area contributed by atoms with E-state index in [9.17, 15) is 18.4 Å². The summed E-state index contributed by atoms with van der Waals surface area (Å²) < 4.78 is 39.7. The van der Waals surface area contributed by atoms with Gasteiger partial charge in [-0.25, -0.2) is 9.59 Å². The van der Waals surface area contributed by atoms with E-state index in [-0.39, 0.29) is 23.6 Å². The van der Waals surface area contributed by atoms with Gasteiger partial charge in [0.15, 0.2) is 11.5 Å². The fraction of sp³-hybridized carbons (Fsp3) is 0.333. The van der Waals surface area contributed by atoms with Gasteiger partial charge in [-0.05, 0) is 24.6 Å². The lowest BCUT2D eigenvalue weighted by Gasteiger charge is -2.34. The van der Waals surface area contributed by atoms with E-state index >= 15 is 0 Å². The molecule has 0 saturated carbocycles. The van der Waals surface area contributed by atoms with E-state index in [4.69, 9.17) is 9.47 Å². The molecule has 1 N–H and O–H groups in total. The number of methoxy groups -OCH3 is 2. The molecule has 2 amide bonds. The van der Waals surface area contributed by atoms with Gasteiger partial charge < -0.3 is 19.5 Å². The predicted octanol–water partition coefficient (Wildman–Crippen LogP) is 3.00. The average molecular weight is 382 g/mol. The summed E-state index contributed by atoms with van der Waals surface area (Å²) in [5.41, 5.74) is 0.910. The molecule has 146 valence electrons. The molecule has 0 unspecified atom stereocenters. The molecular formula is C18H20F2N2O5. The molecule has 0 saturated heterocycles. The van der Waals surface area contributed by atoms with E-state index in [0.29, 0.717) is 11.3 Å². The molecular weight excluding hydrogens is 362 g/mol. The molecule has 9 heteroatoms. The van der Waals surface area contributed by atoms with Gasteiger partial charge in [0, 0.05) is 12.2 Å². The standard InChI is InChI=1S/C18H20F2N2O5/c1-5-8-22-10(2)14(16(23)26-4)15(21-18(22)24)11-6-7-12(25-3)13(9-11)27-17(19)20/h5-7,9,15,17H,1,8H2,2-4H3,(H,21,24)/t15-/m0/s1. The molecule has 1 aromatic rings. The van der Waals surface area contributed by atoms with Gasteiger partial charge >= 0.3 is 18.6 Å². The number of urea groups is 1. The zero-order valence-corrected chi connectivity index (χ0v) is 15.1. The average Bonchev–Trinajstić information content (AvgIpc) is 2.63. The van der Waals surface area contributed by atoms with Gasteiger partial charge in [0.05, 0.1) is 25.8 Å². The van der Waals surface area contributed by atoms with E-state index in [1.807, 2.05) is 0 Å². The smallest absolute Gasteiger partial charge is 0.387 e. The van der Waals surface area contributed by atoms with E-state index in [1.165, 1.54) is 37.3 Å². The second-order valence-electron chi connectivity index (χ2n) is 5.56. The van der Waals surface area contributed by atoms with Crippen molar-refractivity contribution in [1.82, 2.24) is 10.2 Å². The van der Waals surface area contributed by atoms with E-state index in [2.05, 4.69) is 16.6 Å². The van der Waals surface area contributed by atoms with Gasteiger partial charge in [-0.2, -0.15) is 8.78 Å². The molecule has 2 rings (SSSR count). The number of carbonyl (C=O) groups is 2. The monoisotopic (exact) mass is 382 g/mol. The number of halogens is 2. The number of hydrogen-bond acceptors (Lipinski definition) is 5. The Morgan fingerprint density at radius 3 is 2.63 bits per heavy atom. The number of nitrogens with one attached hydrogen (secondary N) is 1. The topological polar surface area (TPSA) is 77.1 Å². The van der Waals surface area contributed by atoms with Crippen LogP contribution in [-0.4, -0.2) is 44.3 Å². The molecule has 1 aliphatic heterocycles. The van der Waals surface area contributed by atoms with Gasteiger partial charge in [-0.1, -0.05) is 12.1 Å². The SMILES string of the molecule is C=CCN1C(=O)N[C@@H](c2ccc(OC)c(OC(F)F)c2)C(C(=O)OC)=C1C. The second-order valence-corrected chi connectivity index (χ2v) is 5.56. The molecule has 0 aromatic heterocycles. The first-order valence-corrected chi connectivity index (χ1v) is 7.94. The molecule has 0 spiro atoms. The van der Waals surface area contributed by atoms with Crippen LogP contribution >= 0.6 is 0 Å². The maximum atomic E-state index is 12.7.